The predicted octanol–water partition coefficient (Wildman–Crippen LogP) is 3.71. The van der Waals surface area contributed by atoms with E-state index in [9.17, 15) is 4.79 Å². The van der Waals surface area contributed by atoms with Crippen molar-refractivity contribution in [1.82, 2.24) is 10.2 Å². The molecule has 27 heavy (non-hydrogen) atoms. The van der Waals surface area contributed by atoms with Gasteiger partial charge in [-0.3, -0.25) is 4.90 Å². The number of hydrogen-bond acceptors (Lipinski definition) is 4. The van der Waals surface area contributed by atoms with Crippen molar-refractivity contribution < 1.29 is 14.6 Å². The number of carboxylic acids is 1. The highest BCUT2D eigenvalue weighted by Gasteiger charge is 2.22. The van der Waals surface area contributed by atoms with Gasteiger partial charge in [0.05, 0.1) is 12.7 Å². The number of piperidine rings is 1. The Morgan fingerprint density at radius 3 is 2.56 bits per heavy atom. The molecule has 2 N–H and O–H groups in total. The van der Waals surface area contributed by atoms with Gasteiger partial charge in [0, 0.05) is 19.1 Å². The highest BCUT2D eigenvalue weighted by Crippen LogP contribution is 2.26. The number of benzene rings is 2. The van der Waals surface area contributed by atoms with Crippen LogP contribution >= 0.6 is 0 Å². The maximum atomic E-state index is 11.1. The second-order valence-corrected chi connectivity index (χ2v) is 7.02. The lowest BCUT2D eigenvalue weighted by molar-refractivity contribution is 0.0696. The fourth-order valence-electron chi connectivity index (χ4n) is 3.68. The van der Waals surface area contributed by atoms with Crippen LogP contribution in [0.4, 0.5) is 0 Å². The van der Waals surface area contributed by atoms with E-state index >= 15 is 0 Å². The van der Waals surface area contributed by atoms with E-state index in [4.69, 9.17) is 9.84 Å². The van der Waals surface area contributed by atoms with Crippen molar-refractivity contribution in [3.05, 3.63) is 65.2 Å². The van der Waals surface area contributed by atoms with Crippen LogP contribution in [0.1, 0.15) is 46.8 Å². The van der Waals surface area contributed by atoms with Gasteiger partial charge in [-0.05, 0) is 61.3 Å². The van der Waals surface area contributed by atoms with Crippen LogP contribution in [-0.2, 0) is 6.54 Å². The molecule has 2 aromatic rings. The first-order valence-corrected chi connectivity index (χ1v) is 9.58. The Hall–Kier alpha value is -2.37. The fraction of sp³-hybridized carbons (Fsp3) is 0.409. The van der Waals surface area contributed by atoms with Crippen LogP contribution in [0.2, 0.25) is 0 Å². The summed E-state index contributed by atoms with van der Waals surface area (Å²) in [5.41, 5.74) is 2.60. The zero-order valence-corrected chi connectivity index (χ0v) is 15.9. The van der Waals surface area contributed by atoms with Crippen LogP contribution in [0.15, 0.2) is 48.5 Å². The maximum absolute atomic E-state index is 11.1. The summed E-state index contributed by atoms with van der Waals surface area (Å²) in [5.74, 6) is -0.0177. The molecule has 0 bridgehead atoms. The maximum Gasteiger partial charge on any atom is 0.335 e. The number of hydrogen-bond donors (Lipinski definition) is 2. The molecule has 5 nitrogen and oxygen atoms in total. The minimum atomic E-state index is -0.888. The van der Waals surface area contributed by atoms with Gasteiger partial charge in [-0.15, -0.1) is 0 Å². The van der Waals surface area contributed by atoms with Crippen molar-refractivity contribution in [2.75, 3.05) is 26.7 Å². The van der Waals surface area contributed by atoms with Gasteiger partial charge in [0.2, 0.25) is 0 Å². The quantitative estimate of drug-likeness (QED) is 0.744. The molecule has 2 aromatic carbocycles. The average Bonchev–Trinajstić information content (AvgIpc) is 2.72. The molecule has 1 atom stereocenters. The molecule has 5 heteroatoms. The molecule has 1 unspecified atom stereocenters. The molecular formula is C22H28N2O3. The molecule has 0 aliphatic carbocycles. The Morgan fingerprint density at radius 1 is 1.15 bits per heavy atom. The van der Waals surface area contributed by atoms with Crippen LogP contribution in [0.3, 0.4) is 0 Å². The average molecular weight is 368 g/mol. The number of carbonyl (C=O) groups is 1. The topological polar surface area (TPSA) is 61.8 Å². The van der Waals surface area contributed by atoms with Crippen molar-refractivity contribution in [2.24, 2.45) is 0 Å². The molecule has 0 amide bonds. The van der Waals surface area contributed by atoms with Crippen LogP contribution in [-0.4, -0.2) is 42.7 Å². The van der Waals surface area contributed by atoms with Gasteiger partial charge in [0.25, 0.3) is 0 Å². The number of ether oxygens (including phenoxy) is 1. The van der Waals surface area contributed by atoms with E-state index in [0.29, 0.717) is 18.2 Å². The molecule has 0 radical (unpaired) electrons. The monoisotopic (exact) mass is 368 g/mol. The van der Waals surface area contributed by atoms with E-state index in [1.165, 1.54) is 24.8 Å². The summed E-state index contributed by atoms with van der Waals surface area (Å²) >= 11 is 0. The standard InChI is InChI=1S/C22H28N2O3/c1-27-20-10-8-18(9-11-20)21(24-12-3-2-4-13-24)16-23-15-17-6-5-7-19(14-17)22(25)26/h5-11,14,21,23H,2-4,12-13,15-16H2,1H3,(H,25,26). The summed E-state index contributed by atoms with van der Waals surface area (Å²) in [7, 11) is 1.68. The van der Waals surface area contributed by atoms with Gasteiger partial charge in [0.1, 0.15) is 5.75 Å². The largest absolute Gasteiger partial charge is 0.497 e. The Bertz CT molecular complexity index is 739. The number of carboxylic acid groups (broad SMARTS) is 1. The Morgan fingerprint density at radius 2 is 1.89 bits per heavy atom. The zero-order chi connectivity index (χ0) is 19.1. The van der Waals surface area contributed by atoms with E-state index in [1.54, 1.807) is 25.3 Å². The van der Waals surface area contributed by atoms with Crippen molar-refractivity contribution in [2.45, 2.75) is 31.8 Å². The van der Waals surface area contributed by atoms with Gasteiger partial charge in [0.15, 0.2) is 0 Å². The van der Waals surface area contributed by atoms with Gasteiger partial charge < -0.3 is 15.2 Å². The van der Waals surface area contributed by atoms with Crippen LogP contribution in [0, 0.1) is 0 Å². The highest BCUT2D eigenvalue weighted by molar-refractivity contribution is 5.87. The van der Waals surface area contributed by atoms with Gasteiger partial charge in [-0.25, -0.2) is 4.79 Å². The summed E-state index contributed by atoms with van der Waals surface area (Å²) in [6.07, 6.45) is 3.79. The molecular weight excluding hydrogens is 340 g/mol. The van der Waals surface area contributed by atoms with E-state index < -0.39 is 5.97 Å². The summed E-state index contributed by atoms with van der Waals surface area (Å²) in [5, 5.41) is 12.7. The van der Waals surface area contributed by atoms with Crippen LogP contribution in [0.25, 0.3) is 0 Å². The number of methoxy groups -OCH3 is 1. The molecule has 3 rings (SSSR count). The third kappa shape index (κ3) is 5.31. The molecule has 1 aliphatic heterocycles. The van der Waals surface area contributed by atoms with E-state index in [-0.39, 0.29) is 0 Å². The third-order valence-corrected chi connectivity index (χ3v) is 5.17. The Labute approximate surface area is 161 Å². The van der Waals surface area contributed by atoms with Crippen molar-refractivity contribution in [3.8, 4) is 5.75 Å². The number of likely N-dealkylation sites (tertiary alicyclic amines) is 1. The fourth-order valence-corrected chi connectivity index (χ4v) is 3.68. The minimum Gasteiger partial charge on any atom is -0.497 e. The molecule has 0 aromatic heterocycles. The highest BCUT2D eigenvalue weighted by atomic mass is 16.5. The van der Waals surface area contributed by atoms with Crippen molar-refractivity contribution in [1.29, 1.82) is 0 Å². The Balaban J connectivity index is 1.67. The lowest BCUT2D eigenvalue weighted by Crippen LogP contribution is -2.39. The van der Waals surface area contributed by atoms with E-state index in [1.807, 2.05) is 18.2 Å². The summed E-state index contributed by atoms with van der Waals surface area (Å²) < 4.78 is 5.29. The summed E-state index contributed by atoms with van der Waals surface area (Å²) in [6.45, 7) is 3.71. The van der Waals surface area contributed by atoms with Gasteiger partial charge >= 0.3 is 5.97 Å². The first-order valence-electron chi connectivity index (χ1n) is 9.58. The smallest absolute Gasteiger partial charge is 0.335 e. The predicted molar refractivity (Wildman–Crippen MR) is 106 cm³/mol. The van der Waals surface area contributed by atoms with Gasteiger partial charge in [-0.1, -0.05) is 30.7 Å². The van der Waals surface area contributed by atoms with Crippen molar-refractivity contribution in [3.63, 3.8) is 0 Å². The molecule has 0 spiro atoms. The summed E-state index contributed by atoms with van der Waals surface area (Å²) in [4.78, 5) is 13.7. The molecule has 1 saturated heterocycles. The number of rotatable bonds is 8. The molecule has 1 aliphatic rings. The van der Waals surface area contributed by atoms with E-state index in [0.717, 1.165) is 30.9 Å². The van der Waals surface area contributed by atoms with Crippen LogP contribution in [0.5, 0.6) is 5.75 Å². The normalized spacial score (nSPS) is 16.0. The third-order valence-electron chi connectivity index (χ3n) is 5.17. The van der Waals surface area contributed by atoms with Crippen molar-refractivity contribution >= 4 is 5.97 Å². The van der Waals surface area contributed by atoms with Crippen LogP contribution < -0.4 is 10.1 Å². The lowest BCUT2D eigenvalue weighted by Gasteiger charge is -2.35. The zero-order valence-electron chi connectivity index (χ0n) is 15.9. The minimum absolute atomic E-state index is 0.305. The first-order chi connectivity index (χ1) is 13.2. The number of nitrogens with zero attached hydrogens (tertiary/aromatic N) is 1. The SMILES string of the molecule is COc1ccc(C(CNCc2cccc(C(=O)O)c2)N2CCCCC2)cc1. The Kier molecular flexibility index (Phi) is 6.85. The molecule has 1 heterocycles. The van der Waals surface area contributed by atoms with E-state index in [2.05, 4.69) is 22.3 Å². The number of nitrogens with one attached hydrogen (secondary N) is 1. The second-order valence-electron chi connectivity index (χ2n) is 7.02. The number of aromatic carboxylic acids is 1. The molecule has 144 valence electrons. The molecule has 1 fully saturated rings. The molecule has 0 saturated carbocycles. The van der Waals surface area contributed by atoms with Gasteiger partial charge in [-0.2, -0.15) is 0 Å². The summed E-state index contributed by atoms with van der Waals surface area (Å²) in [6, 6.07) is 15.7. The lowest BCUT2D eigenvalue weighted by atomic mass is 10.0. The first kappa shape index (κ1) is 19.4. The second kappa shape index (κ2) is 9.53.